The van der Waals surface area contributed by atoms with Crippen molar-refractivity contribution in [2.24, 2.45) is 4.99 Å². The molecule has 0 unspecified atom stereocenters. The molecule has 128 valence electrons. The van der Waals surface area contributed by atoms with E-state index >= 15 is 0 Å². The number of hydrogen-bond donors (Lipinski definition) is 2. The lowest BCUT2D eigenvalue weighted by atomic mass is 10.1. The first-order chi connectivity index (χ1) is 10.2. The summed E-state index contributed by atoms with van der Waals surface area (Å²) in [5, 5.41) is 6.60. The Bertz CT molecular complexity index is 384. The highest BCUT2D eigenvalue weighted by Crippen LogP contribution is 2.15. The van der Waals surface area contributed by atoms with E-state index in [9.17, 15) is 4.79 Å². The zero-order chi connectivity index (χ0) is 16.8. The van der Waals surface area contributed by atoms with Gasteiger partial charge in [0.1, 0.15) is 5.60 Å². The second kappa shape index (κ2) is 8.22. The number of carbonyl (C=O) groups is 1. The van der Waals surface area contributed by atoms with Crippen molar-refractivity contribution in [1.29, 1.82) is 0 Å². The number of rotatable bonds is 5. The fourth-order valence-corrected chi connectivity index (χ4v) is 2.04. The molecule has 0 aromatic carbocycles. The zero-order valence-corrected chi connectivity index (χ0v) is 14.8. The lowest BCUT2D eigenvalue weighted by Crippen LogP contribution is -2.63. The maximum absolute atomic E-state index is 11.8. The topological polar surface area (TPSA) is 69.2 Å². The summed E-state index contributed by atoms with van der Waals surface area (Å²) < 4.78 is 5.33. The number of guanidine groups is 1. The molecule has 0 radical (unpaired) electrons. The third kappa shape index (κ3) is 6.98. The molecule has 1 heterocycles. The SMILES string of the molecule is CN=C(NCCCN(C)C)NC1CN(C(=O)OC(C)(C)C)C1. The third-order valence-corrected chi connectivity index (χ3v) is 3.17. The molecule has 7 heteroatoms. The molecular formula is C15H31N5O2. The van der Waals surface area contributed by atoms with Gasteiger partial charge in [0.25, 0.3) is 0 Å². The molecule has 1 saturated heterocycles. The van der Waals surface area contributed by atoms with Crippen molar-refractivity contribution < 1.29 is 9.53 Å². The Labute approximate surface area is 134 Å². The van der Waals surface area contributed by atoms with Crippen molar-refractivity contribution in [3.05, 3.63) is 0 Å². The standard InChI is InChI=1S/C15H31N5O2/c1-15(2,3)22-14(21)20-10-12(11-20)18-13(16-4)17-8-7-9-19(5)6/h12H,7-11H2,1-6H3,(H2,16,17,18). The molecule has 0 bridgehead atoms. The molecule has 0 saturated carbocycles. The van der Waals surface area contributed by atoms with E-state index in [0.29, 0.717) is 13.1 Å². The molecule has 1 amide bonds. The number of hydrogen-bond acceptors (Lipinski definition) is 4. The van der Waals surface area contributed by atoms with Crippen LogP contribution in [0.4, 0.5) is 4.79 Å². The molecular weight excluding hydrogens is 282 g/mol. The van der Waals surface area contributed by atoms with Gasteiger partial charge in [0.15, 0.2) is 5.96 Å². The fraction of sp³-hybridized carbons (Fsp3) is 0.867. The minimum Gasteiger partial charge on any atom is -0.444 e. The summed E-state index contributed by atoms with van der Waals surface area (Å²) in [6.07, 6.45) is 0.807. The molecule has 0 spiro atoms. The van der Waals surface area contributed by atoms with Gasteiger partial charge in [-0.15, -0.1) is 0 Å². The first-order valence-corrected chi connectivity index (χ1v) is 7.81. The average Bonchev–Trinajstić information content (AvgIpc) is 2.32. The maximum Gasteiger partial charge on any atom is 0.410 e. The second-order valence-electron chi connectivity index (χ2n) is 6.88. The monoisotopic (exact) mass is 313 g/mol. The van der Waals surface area contributed by atoms with Crippen LogP contribution in [0.25, 0.3) is 0 Å². The number of carbonyl (C=O) groups excluding carboxylic acids is 1. The predicted molar refractivity (Wildman–Crippen MR) is 89.3 cm³/mol. The Kier molecular flexibility index (Phi) is 6.93. The Hall–Kier alpha value is -1.50. The normalized spacial score (nSPS) is 16.5. The highest BCUT2D eigenvalue weighted by Gasteiger charge is 2.34. The summed E-state index contributed by atoms with van der Waals surface area (Å²) in [6, 6.07) is 0.229. The van der Waals surface area contributed by atoms with E-state index in [1.165, 1.54) is 0 Å². The largest absolute Gasteiger partial charge is 0.444 e. The Balaban J connectivity index is 2.22. The molecule has 2 N–H and O–H groups in total. The van der Waals surface area contributed by atoms with Crippen LogP contribution in [0.1, 0.15) is 27.2 Å². The molecule has 0 atom stereocenters. The van der Waals surface area contributed by atoms with E-state index in [2.05, 4.69) is 34.6 Å². The van der Waals surface area contributed by atoms with Crippen LogP contribution in [-0.2, 0) is 4.74 Å². The van der Waals surface area contributed by atoms with E-state index in [-0.39, 0.29) is 12.1 Å². The van der Waals surface area contributed by atoms with E-state index in [0.717, 1.165) is 25.5 Å². The van der Waals surface area contributed by atoms with Crippen molar-refractivity contribution in [2.75, 3.05) is 47.3 Å². The van der Waals surface area contributed by atoms with Gasteiger partial charge < -0.3 is 25.2 Å². The maximum atomic E-state index is 11.8. The Morgan fingerprint density at radius 1 is 1.36 bits per heavy atom. The summed E-state index contributed by atoms with van der Waals surface area (Å²) in [6.45, 7) is 8.83. The fourth-order valence-electron chi connectivity index (χ4n) is 2.04. The summed E-state index contributed by atoms with van der Waals surface area (Å²) in [7, 11) is 5.88. The van der Waals surface area contributed by atoms with Crippen LogP contribution < -0.4 is 10.6 Å². The molecule has 1 aliphatic heterocycles. The number of amides is 1. The van der Waals surface area contributed by atoms with Crippen molar-refractivity contribution in [3.8, 4) is 0 Å². The van der Waals surface area contributed by atoms with Crippen molar-refractivity contribution in [1.82, 2.24) is 20.4 Å². The van der Waals surface area contributed by atoms with Crippen molar-refractivity contribution in [3.63, 3.8) is 0 Å². The van der Waals surface area contributed by atoms with Crippen LogP contribution in [0.15, 0.2) is 4.99 Å². The lowest BCUT2D eigenvalue weighted by molar-refractivity contribution is 0.00701. The van der Waals surface area contributed by atoms with Crippen LogP contribution in [0.2, 0.25) is 0 Å². The van der Waals surface area contributed by atoms with Gasteiger partial charge in [-0.25, -0.2) is 4.79 Å². The highest BCUT2D eigenvalue weighted by atomic mass is 16.6. The first-order valence-electron chi connectivity index (χ1n) is 7.81. The van der Waals surface area contributed by atoms with Gasteiger partial charge in [-0.2, -0.15) is 0 Å². The number of nitrogens with zero attached hydrogens (tertiary/aromatic N) is 3. The van der Waals surface area contributed by atoms with E-state index < -0.39 is 5.60 Å². The Morgan fingerprint density at radius 2 is 2.00 bits per heavy atom. The lowest BCUT2D eigenvalue weighted by Gasteiger charge is -2.40. The van der Waals surface area contributed by atoms with Crippen LogP contribution >= 0.6 is 0 Å². The number of likely N-dealkylation sites (tertiary alicyclic amines) is 1. The second-order valence-corrected chi connectivity index (χ2v) is 6.88. The van der Waals surface area contributed by atoms with Gasteiger partial charge in [0.2, 0.25) is 0 Å². The third-order valence-electron chi connectivity index (χ3n) is 3.17. The molecule has 0 aromatic heterocycles. The van der Waals surface area contributed by atoms with Crippen LogP contribution in [0, 0.1) is 0 Å². The van der Waals surface area contributed by atoms with Gasteiger partial charge in [-0.1, -0.05) is 0 Å². The average molecular weight is 313 g/mol. The van der Waals surface area contributed by atoms with Crippen molar-refractivity contribution in [2.45, 2.75) is 38.8 Å². The van der Waals surface area contributed by atoms with Crippen LogP contribution in [0.5, 0.6) is 0 Å². The van der Waals surface area contributed by atoms with Gasteiger partial charge >= 0.3 is 6.09 Å². The molecule has 22 heavy (non-hydrogen) atoms. The Morgan fingerprint density at radius 3 is 2.50 bits per heavy atom. The minimum absolute atomic E-state index is 0.229. The predicted octanol–water partition coefficient (Wildman–Crippen LogP) is 0.722. The zero-order valence-electron chi connectivity index (χ0n) is 14.8. The molecule has 1 fully saturated rings. The molecule has 0 aliphatic carbocycles. The number of nitrogens with one attached hydrogen (secondary N) is 2. The summed E-state index contributed by atoms with van der Waals surface area (Å²) in [5.41, 5.74) is -0.445. The smallest absolute Gasteiger partial charge is 0.410 e. The molecule has 7 nitrogen and oxygen atoms in total. The quantitative estimate of drug-likeness (QED) is 0.445. The van der Waals surface area contributed by atoms with E-state index in [4.69, 9.17) is 4.74 Å². The van der Waals surface area contributed by atoms with Gasteiger partial charge in [0.05, 0.1) is 6.04 Å². The van der Waals surface area contributed by atoms with E-state index in [1.807, 2.05) is 20.8 Å². The minimum atomic E-state index is -0.445. The summed E-state index contributed by atoms with van der Waals surface area (Å²) in [5.74, 6) is 0.785. The first kappa shape index (κ1) is 18.5. The molecule has 0 aromatic rings. The molecule has 1 rings (SSSR count). The van der Waals surface area contributed by atoms with Crippen molar-refractivity contribution >= 4 is 12.1 Å². The highest BCUT2D eigenvalue weighted by molar-refractivity contribution is 5.80. The van der Waals surface area contributed by atoms with Gasteiger partial charge in [-0.3, -0.25) is 4.99 Å². The van der Waals surface area contributed by atoms with E-state index in [1.54, 1.807) is 11.9 Å². The summed E-state index contributed by atoms with van der Waals surface area (Å²) in [4.78, 5) is 19.9. The number of aliphatic imine (C=N–C) groups is 1. The summed E-state index contributed by atoms with van der Waals surface area (Å²) >= 11 is 0. The van der Waals surface area contributed by atoms with Gasteiger partial charge in [0, 0.05) is 26.7 Å². The molecule has 1 aliphatic rings. The number of ether oxygens (including phenoxy) is 1. The van der Waals surface area contributed by atoms with Crippen LogP contribution in [0.3, 0.4) is 0 Å². The van der Waals surface area contributed by atoms with Gasteiger partial charge in [-0.05, 0) is 47.8 Å². The van der Waals surface area contributed by atoms with Crippen LogP contribution in [-0.4, -0.2) is 80.8 Å².